The average Bonchev–Trinajstić information content (AvgIpc) is 3.22. The summed E-state index contributed by atoms with van der Waals surface area (Å²) in [6, 6.07) is 0. The SMILES string of the molecule is Cc1nn(C)c(Cl)c1/C=C/C(=O)Nc1cnn(Cc2c(C)noc2C)c1. The standard InChI is InChI=1S/C17H19ClN6O2/c1-10-14(17(18)23(4)21-10)5-6-16(25)20-13-7-19-24(8-13)9-15-11(2)22-26-12(15)3/h5-8H,9H2,1-4H3,(H,20,25)/b6-5+. The van der Waals surface area contributed by atoms with Crippen LogP contribution in [0.4, 0.5) is 5.69 Å². The van der Waals surface area contributed by atoms with Gasteiger partial charge >= 0.3 is 0 Å². The second kappa shape index (κ2) is 7.17. The number of amides is 1. The van der Waals surface area contributed by atoms with Crippen LogP contribution in [0.1, 0.15) is 28.3 Å². The summed E-state index contributed by atoms with van der Waals surface area (Å²) in [5.41, 5.74) is 3.88. The lowest BCUT2D eigenvalue weighted by Gasteiger charge is -2.00. The average molecular weight is 375 g/mol. The molecule has 136 valence electrons. The van der Waals surface area contributed by atoms with Crippen LogP contribution in [-0.2, 0) is 18.4 Å². The van der Waals surface area contributed by atoms with Gasteiger partial charge in [0.05, 0.1) is 29.8 Å². The molecule has 9 heteroatoms. The number of hydrogen-bond donors (Lipinski definition) is 1. The summed E-state index contributed by atoms with van der Waals surface area (Å²) >= 11 is 6.15. The van der Waals surface area contributed by atoms with Crippen LogP contribution in [0.15, 0.2) is 23.0 Å². The Labute approximate surface area is 155 Å². The highest BCUT2D eigenvalue weighted by Gasteiger charge is 2.11. The summed E-state index contributed by atoms with van der Waals surface area (Å²) in [4.78, 5) is 12.1. The summed E-state index contributed by atoms with van der Waals surface area (Å²) in [5, 5.41) is 15.6. The molecule has 8 nitrogen and oxygen atoms in total. The van der Waals surface area contributed by atoms with Crippen molar-refractivity contribution in [2.75, 3.05) is 5.32 Å². The number of anilines is 1. The molecule has 3 aromatic rings. The third kappa shape index (κ3) is 3.70. The van der Waals surface area contributed by atoms with E-state index in [9.17, 15) is 4.79 Å². The molecule has 3 aromatic heterocycles. The Morgan fingerprint density at radius 2 is 2.12 bits per heavy atom. The van der Waals surface area contributed by atoms with Gasteiger partial charge in [-0.2, -0.15) is 10.2 Å². The lowest BCUT2D eigenvalue weighted by atomic mass is 10.2. The monoisotopic (exact) mass is 374 g/mol. The van der Waals surface area contributed by atoms with Crippen LogP contribution in [0.25, 0.3) is 6.08 Å². The fourth-order valence-electron chi connectivity index (χ4n) is 2.58. The van der Waals surface area contributed by atoms with Crippen LogP contribution in [0.2, 0.25) is 5.15 Å². The molecule has 3 heterocycles. The molecule has 0 atom stereocenters. The third-order valence-corrected chi connectivity index (χ3v) is 4.45. The van der Waals surface area contributed by atoms with Gasteiger partial charge in [0.1, 0.15) is 10.9 Å². The molecular weight excluding hydrogens is 356 g/mol. The molecule has 0 spiro atoms. The number of halogens is 1. The number of carbonyl (C=O) groups is 1. The first-order chi connectivity index (χ1) is 12.3. The Morgan fingerprint density at radius 3 is 2.73 bits per heavy atom. The third-order valence-electron chi connectivity index (χ3n) is 4.00. The van der Waals surface area contributed by atoms with E-state index < -0.39 is 0 Å². The van der Waals surface area contributed by atoms with Crippen molar-refractivity contribution in [1.82, 2.24) is 24.7 Å². The number of aromatic nitrogens is 5. The van der Waals surface area contributed by atoms with Crippen LogP contribution in [0.3, 0.4) is 0 Å². The summed E-state index contributed by atoms with van der Waals surface area (Å²) in [7, 11) is 1.75. The normalized spacial score (nSPS) is 11.4. The largest absolute Gasteiger partial charge is 0.361 e. The summed E-state index contributed by atoms with van der Waals surface area (Å²) < 4.78 is 8.43. The van der Waals surface area contributed by atoms with Gasteiger partial charge in [0.25, 0.3) is 0 Å². The molecule has 0 fully saturated rings. The van der Waals surface area contributed by atoms with Gasteiger partial charge < -0.3 is 9.84 Å². The zero-order valence-corrected chi connectivity index (χ0v) is 15.7. The molecule has 0 aliphatic heterocycles. The molecule has 0 aliphatic carbocycles. The van der Waals surface area contributed by atoms with Gasteiger partial charge in [-0.05, 0) is 26.8 Å². The highest BCUT2D eigenvalue weighted by atomic mass is 35.5. The van der Waals surface area contributed by atoms with Crippen molar-refractivity contribution in [2.24, 2.45) is 7.05 Å². The van der Waals surface area contributed by atoms with Crippen LogP contribution in [-0.4, -0.2) is 30.6 Å². The molecule has 3 rings (SSSR count). The van der Waals surface area contributed by atoms with Gasteiger partial charge in [0.15, 0.2) is 0 Å². The van der Waals surface area contributed by atoms with Crippen LogP contribution in [0.5, 0.6) is 0 Å². The van der Waals surface area contributed by atoms with E-state index in [0.29, 0.717) is 17.4 Å². The molecule has 0 radical (unpaired) electrons. The Bertz CT molecular complexity index is 962. The first kappa shape index (κ1) is 17.9. The van der Waals surface area contributed by atoms with E-state index in [0.717, 1.165) is 28.3 Å². The smallest absolute Gasteiger partial charge is 0.248 e. The highest BCUT2D eigenvalue weighted by Crippen LogP contribution is 2.20. The van der Waals surface area contributed by atoms with Crippen molar-refractivity contribution in [2.45, 2.75) is 27.3 Å². The fourth-order valence-corrected chi connectivity index (χ4v) is 2.82. The molecule has 0 bridgehead atoms. The van der Waals surface area contributed by atoms with Crippen LogP contribution < -0.4 is 5.32 Å². The van der Waals surface area contributed by atoms with E-state index in [1.165, 1.54) is 6.08 Å². The van der Waals surface area contributed by atoms with Gasteiger partial charge in [-0.15, -0.1) is 0 Å². The maximum absolute atomic E-state index is 12.1. The van der Waals surface area contributed by atoms with Crippen molar-refractivity contribution >= 4 is 29.3 Å². The number of aryl methyl sites for hydroxylation is 4. The number of nitrogens with one attached hydrogen (secondary N) is 1. The molecule has 0 saturated heterocycles. The van der Waals surface area contributed by atoms with E-state index in [1.54, 1.807) is 34.9 Å². The van der Waals surface area contributed by atoms with Crippen molar-refractivity contribution in [3.63, 3.8) is 0 Å². The maximum Gasteiger partial charge on any atom is 0.248 e. The van der Waals surface area contributed by atoms with Gasteiger partial charge in [0.2, 0.25) is 5.91 Å². The molecule has 0 saturated carbocycles. The predicted molar refractivity (Wildman–Crippen MR) is 97.9 cm³/mol. The minimum atomic E-state index is -0.277. The molecule has 0 aromatic carbocycles. The van der Waals surface area contributed by atoms with Crippen LogP contribution >= 0.6 is 11.6 Å². The number of hydrogen-bond acceptors (Lipinski definition) is 5. The van der Waals surface area contributed by atoms with Gasteiger partial charge in [0, 0.05) is 30.4 Å². The lowest BCUT2D eigenvalue weighted by molar-refractivity contribution is -0.111. The zero-order valence-electron chi connectivity index (χ0n) is 14.9. The minimum absolute atomic E-state index is 0.277. The van der Waals surface area contributed by atoms with Gasteiger partial charge in [-0.3, -0.25) is 14.2 Å². The van der Waals surface area contributed by atoms with E-state index >= 15 is 0 Å². The summed E-state index contributed by atoms with van der Waals surface area (Å²) in [6.45, 7) is 6.10. The number of rotatable bonds is 5. The molecule has 1 N–H and O–H groups in total. The summed E-state index contributed by atoms with van der Waals surface area (Å²) in [6.07, 6.45) is 6.40. The van der Waals surface area contributed by atoms with Crippen molar-refractivity contribution in [3.8, 4) is 0 Å². The zero-order chi connectivity index (χ0) is 18.8. The van der Waals surface area contributed by atoms with Gasteiger partial charge in [-0.25, -0.2) is 0 Å². The second-order valence-electron chi connectivity index (χ2n) is 5.97. The van der Waals surface area contributed by atoms with Crippen molar-refractivity contribution in [1.29, 1.82) is 0 Å². The maximum atomic E-state index is 12.1. The quantitative estimate of drug-likeness (QED) is 0.693. The molecular formula is C17H19ClN6O2. The first-order valence-electron chi connectivity index (χ1n) is 7.97. The van der Waals surface area contributed by atoms with Crippen molar-refractivity contribution < 1.29 is 9.32 Å². The number of carbonyl (C=O) groups excluding carboxylic acids is 1. The fraction of sp³-hybridized carbons (Fsp3) is 0.294. The Morgan fingerprint density at radius 1 is 1.35 bits per heavy atom. The molecule has 1 amide bonds. The highest BCUT2D eigenvalue weighted by molar-refractivity contribution is 6.31. The van der Waals surface area contributed by atoms with E-state index in [-0.39, 0.29) is 5.91 Å². The number of nitrogens with zero attached hydrogens (tertiary/aromatic N) is 5. The Hall–Kier alpha value is -2.87. The van der Waals surface area contributed by atoms with Gasteiger partial charge in [-0.1, -0.05) is 16.8 Å². The minimum Gasteiger partial charge on any atom is -0.361 e. The summed E-state index contributed by atoms with van der Waals surface area (Å²) in [5.74, 6) is 0.483. The first-order valence-corrected chi connectivity index (χ1v) is 8.35. The van der Waals surface area contributed by atoms with E-state index in [4.69, 9.17) is 16.1 Å². The Balaban J connectivity index is 1.65. The molecule has 0 aliphatic rings. The predicted octanol–water partition coefficient (Wildman–Crippen LogP) is 2.88. The molecule has 0 unspecified atom stereocenters. The Kier molecular flexibility index (Phi) is 4.94. The van der Waals surface area contributed by atoms with Crippen molar-refractivity contribution in [3.05, 3.63) is 51.9 Å². The van der Waals surface area contributed by atoms with E-state index in [2.05, 4.69) is 20.7 Å². The lowest BCUT2D eigenvalue weighted by Crippen LogP contribution is -2.07. The second-order valence-corrected chi connectivity index (χ2v) is 6.32. The van der Waals surface area contributed by atoms with Crippen LogP contribution in [0, 0.1) is 20.8 Å². The van der Waals surface area contributed by atoms with E-state index in [1.807, 2.05) is 20.8 Å². The topological polar surface area (TPSA) is 90.8 Å². The molecule has 26 heavy (non-hydrogen) atoms.